The van der Waals surface area contributed by atoms with Crippen molar-refractivity contribution in [3.8, 4) is 11.4 Å². The van der Waals surface area contributed by atoms with Crippen LogP contribution >= 0.6 is 11.6 Å². The standard InChI is InChI=1S/C20H20ClN3O2/c21-15-9-7-14(8-10-15)20-23-17-5-1-2-6-18(17)24(20)13-19(25)22-12-16-4-3-11-26-16/h1-2,5-10,16H,3-4,11-13H2,(H,22,25). The molecule has 0 radical (unpaired) electrons. The second-order valence-electron chi connectivity index (χ2n) is 6.46. The van der Waals surface area contributed by atoms with Crippen LogP contribution in [0.3, 0.4) is 0 Å². The van der Waals surface area contributed by atoms with Crippen molar-refractivity contribution in [2.45, 2.75) is 25.5 Å². The van der Waals surface area contributed by atoms with Crippen molar-refractivity contribution < 1.29 is 9.53 Å². The first-order valence-electron chi connectivity index (χ1n) is 8.80. The van der Waals surface area contributed by atoms with E-state index < -0.39 is 0 Å². The van der Waals surface area contributed by atoms with Crippen LogP contribution in [0.15, 0.2) is 48.5 Å². The van der Waals surface area contributed by atoms with E-state index in [9.17, 15) is 4.79 Å². The van der Waals surface area contributed by atoms with Crippen LogP contribution in [-0.4, -0.2) is 34.7 Å². The van der Waals surface area contributed by atoms with E-state index in [1.54, 1.807) is 0 Å². The van der Waals surface area contributed by atoms with Crippen LogP contribution in [0.25, 0.3) is 22.4 Å². The SMILES string of the molecule is O=C(Cn1c(-c2ccc(Cl)cc2)nc2ccccc21)NCC1CCCO1. The molecule has 0 bridgehead atoms. The molecule has 1 unspecified atom stereocenters. The van der Waals surface area contributed by atoms with Crippen molar-refractivity contribution >= 4 is 28.5 Å². The average Bonchev–Trinajstić information content (AvgIpc) is 3.29. The van der Waals surface area contributed by atoms with Crippen LogP contribution in [0.1, 0.15) is 12.8 Å². The number of rotatable bonds is 5. The van der Waals surface area contributed by atoms with E-state index in [-0.39, 0.29) is 18.6 Å². The Hall–Kier alpha value is -2.37. The third-order valence-corrected chi connectivity index (χ3v) is 4.86. The molecule has 1 N–H and O–H groups in total. The third kappa shape index (κ3) is 3.59. The molecule has 4 rings (SSSR count). The van der Waals surface area contributed by atoms with Gasteiger partial charge in [0.05, 0.1) is 17.1 Å². The lowest BCUT2D eigenvalue weighted by atomic mass is 10.2. The second-order valence-corrected chi connectivity index (χ2v) is 6.89. The van der Waals surface area contributed by atoms with Gasteiger partial charge in [0.1, 0.15) is 12.4 Å². The molecule has 1 saturated heterocycles. The molecule has 3 aromatic rings. The molecule has 26 heavy (non-hydrogen) atoms. The first-order valence-corrected chi connectivity index (χ1v) is 9.18. The van der Waals surface area contributed by atoms with Crippen molar-refractivity contribution in [2.75, 3.05) is 13.2 Å². The van der Waals surface area contributed by atoms with Crippen LogP contribution in [0, 0.1) is 0 Å². The Labute approximate surface area is 156 Å². The summed E-state index contributed by atoms with van der Waals surface area (Å²) in [5.41, 5.74) is 2.73. The smallest absolute Gasteiger partial charge is 0.240 e. The second kappa shape index (κ2) is 7.48. The Kier molecular flexibility index (Phi) is 4.91. The monoisotopic (exact) mass is 369 g/mol. The molecule has 0 saturated carbocycles. The average molecular weight is 370 g/mol. The Bertz CT molecular complexity index is 914. The van der Waals surface area contributed by atoms with Crippen molar-refractivity contribution in [3.63, 3.8) is 0 Å². The fourth-order valence-electron chi connectivity index (χ4n) is 3.29. The highest BCUT2D eigenvalue weighted by molar-refractivity contribution is 6.30. The van der Waals surface area contributed by atoms with E-state index >= 15 is 0 Å². The summed E-state index contributed by atoms with van der Waals surface area (Å²) in [6.07, 6.45) is 2.20. The number of carbonyl (C=O) groups excluding carboxylic acids is 1. The van der Waals surface area contributed by atoms with Gasteiger partial charge in [-0.3, -0.25) is 4.79 Å². The Morgan fingerprint density at radius 1 is 1.23 bits per heavy atom. The fourth-order valence-corrected chi connectivity index (χ4v) is 3.41. The maximum absolute atomic E-state index is 12.5. The maximum Gasteiger partial charge on any atom is 0.240 e. The highest BCUT2D eigenvalue weighted by atomic mass is 35.5. The van der Waals surface area contributed by atoms with Gasteiger partial charge in [0, 0.05) is 23.7 Å². The predicted molar refractivity (Wildman–Crippen MR) is 102 cm³/mol. The summed E-state index contributed by atoms with van der Waals surface area (Å²) >= 11 is 6.00. The molecule has 1 aliphatic rings. The topological polar surface area (TPSA) is 56.2 Å². The van der Waals surface area contributed by atoms with Crippen LogP contribution in [0.2, 0.25) is 5.02 Å². The number of fused-ring (bicyclic) bond motifs is 1. The van der Waals surface area contributed by atoms with Crippen LogP contribution < -0.4 is 5.32 Å². The molecule has 1 amide bonds. The summed E-state index contributed by atoms with van der Waals surface area (Å²) in [7, 11) is 0. The number of benzene rings is 2. The number of nitrogens with one attached hydrogen (secondary N) is 1. The largest absolute Gasteiger partial charge is 0.376 e. The molecule has 5 nitrogen and oxygen atoms in total. The Balaban J connectivity index is 1.60. The Morgan fingerprint density at radius 2 is 2.04 bits per heavy atom. The summed E-state index contributed by atoms with van der Waals surface area (Å²) in [5, 5.41) is 3.65. The zero-order valence-corrected chi connectivity index (χ0v) is 15.1. The van der Waals surface area contributed by atoms with Gasteiger partial charge in [-0.05, 0) is 49.2 Å². The number of aromatic nitrogens is 2. The van der Waals surface area contributed by atoms with Crippen molar-refractivity contribution in [1.82, 2.24) is 14.9 Å². The summed E-state index contributed by atoms with van der Waals surface area (Å²) in [6.45, 7) is 1.56. The molecule has 1 aromatic heterocycles. The molecule has 0 spiro atoms. The summed E-state index contributed by atoms with van der Waals surface area (Å²) < 4.78 is 7.51. The first-order chi connectivity index (χ1) is 12.7. The van der Waals surface area contributed by atoms with Gasteiger partial charge < -0.3 is 14.6 Å². The minimum Gasteiger partial charge on any atom is -0.376 e. The van der Waals surface area contributed by atoms with E-state index in [1.807, 2.05) is 53.1 Å². The lowest BCUT2D eigenvalue weighted by Gasteiger charge is -2.13. The molecule has 134 valence electrons. The number of amides is 1. The van der Waals surface area contributed by atoms with Gasteiger partial charge in [0.15, 0.2) is 0 Å². The number of ether oxygens (including phenoxy) is 1. The minimum atomic E-state index is -0.0427. The summed E-state index contributed by atoms with van der Waals surface area (Å²) in [6, 6.07) is 15.3. The number of hydrogen-bond donors (Lipinski definition) is 1. The molecular formula is C20H20ClN3O2. The van der Waals surface area contributed by atoms with Gasteiger partial charge in [-0.25, -0.2) is 4.98 Å². The molecule has 1 fully saturated rings. The van der Waals surface area contributed by atoms with Gasteiger partial charge in [-0.15, -0.1) is 0 Å². The summed E-state index contributed by atoms with van der Waals surface area (Å²) in [5.74, 6) is 0.717. The number of para-hydroxylation sites is 2. The number of hydrogen-bond acceptors (Lipinski definition) is 3. The van der Waals surface area contributed by atoms with Crippen molar-refractivity contribution in [1.29, 1.82) is 0 Å². The molecule has 2 heterocycles. The first kappa shape index (κ1) is 17.1. The van der Waals surface area contributed by atoms with Crippen LogP contribution in [0.5, 0.6) is 0 Å². The third-order valence-electron chi connectivity index (χ3n) is 4.61. The van der Waals surface area contributed by atoms with Crippen molar-refractivity contribution in [2.24, 2.45) is 0 Å². The predicted octanol–water partition coefficient (Wildman–Crippen LogP) is 3.65. The molecule has 1 atom stereocenters. The van der Waals surface area contributed by atoms with E-state index in [0.717, 1.165) is 41.9 Å². The van der Waals surface area contributed by atoms with Gasteiger partial charge in [-0.2, -0.15) is 0 Å². The number of carbonyl (C=O) groups is 1. The Morgan fingerprint density at radius 3 is 2.81 bits per heavy atom. The normalized spacial score (nSPS) is 16.9. The van der Waals surface area contributed by atoms with Crippen LogP contribution in [0.4, 0.5) is 0 Å². The van der Waals surface area contributed by atoms with Gasteiger partial charge in [0.2, 0.25) is 5.91 Å². The molecule has 0 aliphatic carbocycles. The lowest BCUT2D eigenvalue weighted by molar-refractivity contribution is -0.122. The van der Waals surface area contributed by atoms with E-state index in [2.05, 4.69) is 5.32 Å². The van der Waals surface area contributed by atoms with Gasteiger partial charge >= 0.3 is 0 Å². The maximum atomic E-state index is 12.5. The van der Waals surface area contributed by atoms with E-state index in [1.165, 1.54) is 0 Å². The number of halogens is 1. The number of nitrogens with zero attached hydrogens (tertiary/aromatic N) is 2. The highest BCUT2D eigenvalue weighted by Gasteiger charge is 2.18. The van der Waals surface area contributed by atoms with Crippen molar-refractivity contribution in [3.05, 3.63) is 53.6 Å². The van der Waals surface area contributed by atoms with E-state index in [0.29, 0.717) is 11.6 Å². The zero-order chi connectivity index (χ0) is 17.9. The quantitative estimate of drug-likeness (QED) is 0.746. The van der Waals surface area contributed by atoms with Crippen LogP contribution in [-0.2, 0) is 16.1 Å². The molecular weight excluding hydrogens is 350 g/mol. The molecule has 1 aliphatic heterocycles. The minimum absolute atomic E-state index is 0.0427. The highest BCUT2D eigenvalue weighted by Crippen LogP contribution is 2.26. The fraction of sp³-hybridized carbons (Fsp3) is 0.300. The lowest BCUT2D eigenvalue weighted by Crippen LogP contribution is -2.34. The zero-order valence-electron chi connectivity index (χ0n) is 14.3. The number of imidazole rings is 1. The van der Waals surface area contributed by atoms with Gasteiger partial charge in [0.25, 0.3) is 0 Å². The molecule has 2 aromatic carbocycles. The van der Waals surface area contributed by atoms with Gasteiger partial charge in [-0.1, -0.05) is 23.7 Å². The molecule has 6 heteroatoms. The summed E-state index contributed by atoms with van der Waals surface area (Å²) in [4.78, 5) is 17.2. The van der Waals surface area contributed by atoms with E-state index in [4.69, 9.17) is 21.3 Å².